The van der Waals surface area contributed by atoms with Crippen molar-refractivity contribution in [2.24, 2.45) is 0 Å². The molecule has 7 nitrogen and oxygen atoms in total. The number of nitrogens with one attached hydrogen (secondary N) is 1. The molecular formula is C19H22N2O5S. The highest BCUT2D eigenvalue weighted by atomic mass is 32.2. The Hall–Kier alpha value is -2.74. The van der Waals surface area contributed by atoms with Gasteiger partial charge in [0.1, 0.15) is 5.69 Å². The van der Waals surface area contributed by atoms with Gasteiger partial charge in [-0.05, 0) is 44.4 Å². The molecule has 2 aromatic rings. The number of hydrogen-bond donors (Lipinski definition) is 1. The predicted octanol–water partition coefficient (Wildman–Crippen LogP) is 2.34. The molecule has 8 heteroatoms. The number of hydrogen-bond acceptors (Lipinski definition) is 6. The lowest BCUT2D eigenvalue weighted by Crippen LogP contribution is -2.32. The maximum atomic E-state index is 12.1. The third-order valence-electron chi connectivity index (χ3n) is 3.55. The molecule has 0 aliphatic carbocycles. The van der Waals surface area contributed by atoms with Crippen molar-refractivity contribution in [1.82, 2.24) is 9.71 Å². The molecule has 0 unspecified atom stereocenters. The first-order valence-electron chi connectivity index (χ1n) is 8.52. The van der Waals surface area contributed by atoms with Gasteiger partial charge in [-0.25, -0.2) is 22.9 Å². The molecule has 0 radical (unpaired) electrons. The molecule has 0 saturated carbocycles. The van der Waals surface area contributed by atoms with E-state index in [0.29, 0.717) is 12.8 Å². The van der Waals surface area contributed by atoms with Crippen LogP contribution in [-0.2, 0) is 21.2 Å². The fourth-order valence-corrected chi connectivity index (χ4v) is 3.31. The van der Waals surface area contributed by atoms with Crippen LogP contribution >= 0.6 is 0 Å². The summed E-state index contributed by atoms with van der Waals surface area (Å²) in [7, 11) is -3.76. The quantitative estimate of drug-likeness (QED) is 0.694. The number of benzene rings is 1. The molecule has 0 spiro atoms. The minimum Gasteiger partial charge on any atom is -0.458 e. The van der Waals surface area contributed by atoms with Crippen LogP contribution in [0.1, 0.15) is 46.7 Å². The van der Waals surface area contributed by atoms with Crippen molar-refractivity contribution in [3.05, 3.63) is 65.5 Å². The molecule has 27 heavy (non-hydrogen) atoms. The second kappa shape index (κ2) is 9.27. The van der Waals surface area contributed by atoms with Crippen LogP contribution in [0.5, 0.6) is 0 Å². The third-order valence-corrected chi connectivity index (χ3v) is 4.87. The van der Waals surface area contributed by atoms with E-state index in [1.165, 1.54) is 12.1 Å². The van der Waals surface area contributed by atoms with Crippen LogP contribution in [0.4, 0.5) is 0 Å². The topological polar surface area (TPSA) is 102 Å². The lowest BCUT2D eigenvalue weighted by atomic mass is 10.1. The molecule has 1 aromatic carbocycles. The molecule has 0 aliphatic rings. The monoisotopic (exact) mass is 390 g/mol. The van der Waals surface area contributed by atoms with E-state index in [-0.39, 0.29) is 23.1 Å². The van der Waals surface area contributed by atoms with Crippen molar-refractivity contribution in [3.8, 4) is 0 Å². The number of esters is 1. The van der Waals surface area contributed by atoms with Crippen molar-refractivity contribution >= 4 is 21.9 Å². The minimum absolute atomic E-state index is 0.0442. The van der Waals surface area contributed by atoms with Gasteiger partial charge in [-0.15, -0.1) is 0 Å². The molecule has 0 saturated heterocycles. The van der Waals surface area contributed by atoms with Crippen LogP contribution in [0.2, 0.25) is 0 Å². The lowest BCUT2D eigenvalue weighted by Gasteiger charge is -2.09. The Labute approximate surface area is 158 Å². The summed E-state index contributed by atoms with van der Waals surface area (Å²) in [6.07, 6.45) is 1.85. The maximum Gasteiger partial charge on any atom is 0.357 e. The van der Waals surface area contributed by atoms with Crippen molar-refractivity contribution < 1.29 is 22.7 Å². The zero-order chi connectivity index (χ0) is 19.9. The van der Waals surface area contributed by atoms with E-state index in [1.54, 1.807) is 13.8 Å². The Morgan fingerprint density at radius 2 is 1.81 bits per heavy atom. The number of carbonyl (C=O) groups is 2. The SMILES string of the molecule is CC(C)OC(=O)c1ccc(C(=O)NS(=O)(=O)CCCc2ccccc2)cn1. The summed E-state index contributed by atoms with van der Waals surface area (Å²) < 4.78 is 31.2. The number of amides is 1. The average Bonchev–Trinajstić information content (AvgIpc) is 2.61. The molecular weight excluding hydrogens is 368 g/mol. The Kier molecular flexibility index (Phi) is 7.06. The molecule has 1 N–H and O–H groups in total. The van der Waals surface area contributed by atoms with Gasteiger partial charge in [-0.1, -0.05) is 30.3 Å². The van der Waals surface area contributed by atoms with Crippen LogP contribution in [0, 0.1) is 0 Å². The fraction of sp³-hybridized carbons (Fsp3) is 0.316. The van der Waals surface area contributed by atoms with Crippen LogP contribution < -0.4 is 4.72 Å². The first-order chi connectivity index (χ1) is 12.8. The van der Waals surface area contributed by atoms with Gasteiger partial charge in [0.25, 0.3) is 5.91 Å². The van der Waals surface area contributed by atoms with Gasteiger partial charge in [0.05, 0.1) is 17.4 Å². The summed E-state index contributed by atoms with van der Waals surface area (Å²) in [4.78, 5) is 27.7. The van der Waals surface area contributed by atoms with Gasteiger partial charge in [0.2, 0.25) is 10.0 Å². The highest BCUT2D eigenvalue weighted by Crippen LogP contribution is 2.06. The summed E-state index contributed by atoms with van der Waals surface area (Å²) in [5, 5.41) is 0. The summed E-state index contributed by atoms with van der Waals surface area (Å²) in [6, 6.07) is 12.2. The second-order valence-corrected chi connectivity index (χ2v) is 8.07. The van der Waals surface area contributed by atoms with Gasteiger partial charge >= 0.3 is 5.97 Å². The standard InChI is InChI=1S/C19H22N2O5S/c1-14(2)26-19(23)17-11-10-16(13-20-17)18(22)21-27(24,25)12-6-9-15-7-4-3-5-8-15/h3-5,7-8,10-11,13-14H,6,9,12H2,1-2H3,(H,21,22). The normalized spacial score (nSPS) is 11.2. The highest BCUT2D eigenvalue weighted by Gasteiger charge is 2.17. The van der Waals surface area contributed by atoms with Gasteiger partial charge in [-0.3, -0.25) is 4.79 Å². The van der Waals surface area contributed by atoms with Gasteiger partial charge in [-0.2, -0.15) is 0 Å². The van der Waals surface area contributed by atoms with E-state index < -0.39 is 21.9 Å². The number of aryl methyl sites for hydroxylation is 1. The zero-order valence-corrected chi connectivity index (χ0v) is 16.0. The molecule has 0 fully saturated rings. The van der Waals surface area contributed by atoms with Gasteiger partial charge in [0, 0.05) is 6.20 Å². The molecule has 144 valence electrons. The molecule has 0 atom stereocenters. The second-order valence-electron chi connectivity index (χ2n) is 6.23. The Balaban J connectivity index is 1.90. The van der Waals surface area contributed by atoms with E-state index in [1.807, 2.05) is 35.1 Å². The summed E-state index contributed by atoms with van der Waals surface area (Å²) in [5.41, 5.74) is 1.13. The predicted molar refractivity (Wildman–Crippen MR) is 101 cm³/mol. The van der Waals surface area contributed by atoms with Crippen molar-refractivity contribution in [2.75, 3.05) is 5.75 Å². The molecule has 0 bridgehead atoms. The molecule has 1 heterocycles. The summed E-state index contributed by atoms with van der Waals surface area (Å²) >= 11 is 0. The smallest absolute Gasteiger partial charge is 0.357 e. The van der Waals surface area contributed by atoms with E-state index in [9.17, 15) is 18.0 Å². The number of sulfonamides is 1. The minimum atomic E-state index is -3.76. The van der Waals surface area contributed by atoms with E-state index in [2.05, 4.69) is 4.98 Å². The Morgan fingerprint density at radius 1 is 1.11 bits per heavy atom. The number of pyridine rings is 1. The average molecular weight is 390 g/mol. The maximum absolute atomic E-state index is 12.1. The number of aromatic nitrogens is 1. The van der Waals surface area contributed by atoms with Crippen LogP contribution in [0.15, 0.2) is 48.7 Å². The van der Waals surface area contributed by atoms with Crippen LogP contribution in [0.3, 0.4) is 0 Å². The summed E-state index contributed by atoms with van der Waals surface area (Å²) in [6.45, 7) is 3.42. The summed E-state index contributed by atoms with van der Waals surface area (Å²) in [5.74, 6) is -1.56. The fourth-order valence-electron chi connectivity index (χ4n) is 2.29. The van der Waals surface area contributed by atoms with E-state index >= 15 is 0 Å². The third kappa shape index (κ3) is 6.82. The van der Waals surface area contributed by atoms with Gasteiger partial charge < -0.3 is 4.74 Å². The number of rotatable bonds is 8. The number of nitrogens with zero attached hydrogens (tertiary/aromatic N) is 1. The highest BCUT2D eigenvalue weighted by molar-refractivity contribution is 7.90. The molecule has 2 rings (SSSR count). The lowest BCUT2D eigenvalue weighted by molar-refractivity contribution is 0.0370. The van der Waals surface area contributed by atoms with Crippen molar-refractivity contribution in [3.63, 3.8) is 0 Å². The molecule has 1 amide bonds. The molecule has 0 aliphatic heterocycles. The van der Waals surface area contributed by atoms with E-state index in [0.717, 1.165) is 11.8 Å². The number of carbonyl (C=O) groups excluding carboxylic acids is 2. The first kappa shape index (κ1) is 20.6. The van der Waals surface area contributed by atoms with Crippen LogP contribution in [0.25, 0.3) is 0 Å². The van der Waals surface area contributed by atoms with Crippen molar-refractivity contribution in [2.45, 2.75) is 32.8 Å². The number of ether oxygens (including phenoxy) is 1. The first-order valence-corrected chi connectivity index (χ1v) is 10.2. The Morgan fingerprint density at radius 3 is 2.41 bits per heavy atom. The van der Waals surface area contributed by atoms with Crippen molar-refractivity contribution in [1.29, 1.82) is 0 Å². The Bertz CT molecular complexity index is 878. The van der Waals surface area contributed by atoms with Gasteiger partial charge in [0.15, 0.2) is 0 Å². The molecule has 1 aromatic heterocycles. The van der Waals surface area contributed by atoms with E-state index in [4.69, 9.17) is 4.74 Å². The zero-order valence-electron chi connectivity index (χ0n) is 15.2. The largest absolute Gasteiger partial charge is 0.458 e. The van der Waals surface area contributed by atoms with Crippen LogP contribution in [-0.4, -0.2) is 37.1 Å².